The molecule has 1 atom stereocenters. The van der Waals surface area contributed by atoms with Gasteiger partial charge < -0.3 is 9.30 Å². The molecule has 0 bridgehead atoms. The second kappa shape index (κ2) is 8.83. The standard InChI is InChI=1S/C24H23F2NO3S/c1-14-7-16(12-27(24(14)29)11-15-3-4-15)19-8-17(13-31-2)21(28)10-23(19)30-22-6-5-18(25)9-20(22)26/h5-10,12,15,17H,3-4,11,13H2,1-2H3. The second-order valence-corrected chi connectivity index (χ2v) is 8.95. The van der Waals surface area contributed by atoms with E-state index in [-0.39, 0.29) is 28.8 Å². The Balaban J connectivity index is 1.76. The summed E-state index contributed by atoms with van der Waals surface area (Å²) >= 11 is 1.55. The van der Waals surface area contributed by atoms with Crippen molar-refractivity contribution in [2.45, 2.75) is 26.3 Å². The van der Waals surface area contributed by atoms with Gasteiger partial charge in [-0.1, -0.05) is 6.08 Å². The summed E-state index contributed by atoms with van der Waals surface area (Å²) in [6, 6.07) is 4.80. The molecule has 1 heterocycles. The van der Waals surface area contributed by atoms with E-state index in [2.05, 4.69) is 0 Å². The predicted octanol–water partition coefficient (Wildman–Crippen LogP) is 4.75. The number of halogens is 2. The Labute approximate surface area is 183 Å². The van der Waals surface area contributed by atoms with Crippen LogP contribution in [-0.2, 0) is 11.3 Å². The van der Waals surface area contributed by atoms with Crippen molar-refractivity contribution in [3.05, 3.63) is 81.5 Å². The van der Waals surface area contributed by atoms with Gasteiger partial charge in [0, 0.05) is 53.3 Å². The molecule has 31 heavy (non-hydrogen) atoms. The number of ketones is 1. The van der Waals surface area contributed by atoms with Crippen LogP contribution in [0, 0.1) is 30.4 Å². The molecule has 7 heteroatoms. The highest BCUT2D eigenvalue weighted by atomic mass is 32.2. The van der Waals surface area contributed by atoms with Crippen LogP contribution in [0.2, 0.25) is 0 Å². The quantitative estimate of drug-likeness (QED) is 0.620. The molecular formula is C24H23F2NO3S. The zero-order valence-electron chi connectivity index (χ0n) is 17.4. The van der Waals surface area contributed by atoms with Crippen molar-refractivity contribution >= 4 is 23.1 Å². The first-order valence-electron chi connectivity index (χ1n) is 10.2. The third-order valence-corrected chi connectivity index (χ3v) is 6.15. The average Bonchev–Trinajstić information content (AvgIpc) is 3.53. The number of nitrogens with zero attached hydrogens (tertiary/aromatic N) is 1. The Morgan fingerprint density at radius 1 is 1.19 bits per heavy atom. The van der Waals surface area contributed by atoms with Crippen LogP contribution >= 0.6 is 11.8 Å². The molecule has 2 aliphatic carbocycles. The van der Waals surface area contributed by atoms with Gasteiger partial charge >= 0.3 is 0 Å². The molecule has 0 radical (unpaired) electrons. The van der Waals surface area contributed by atoms with Gasteiger partial charge in [0.1, 0.15) is 11.6 Å². The monoisotopic (exact) mass is 443 g/mol. The number of hydrogen-bond acceptors (Lipinski definition) is 4. The van der Waals surface area contributed by atoms with Crippen molar-refractivity contribution in [3.8, 4) is 5.75 Å². The Bertz CT molecular complexity index is 1150. The lowest BCUT2D eigenvalue weighted by atomic mass is 9.91. The number of aryl methyl sites for hydroxylation is 1. The number of ether oxygens (including phenoxy) is 1. The highest BCUT2D eigenvalue weighted by Crippen LogP contribution is 2.34. The van der Waals surface area contributed by atoms with Crippen molar-refractivity contribution in [3.63, 3.8) is 0 Å². The van der Waals surface area contributed by atoms with Crippen LogP contribution in [0.4, 0.5) is 8.78 Å². The van der Waals surface area contributed by atoms with Gasteiger partial charge in [0.05, 0.1) is 0 Å². The van der Waals surface area contributed by atoms with E-state index in [4.69, 9.17) is 4.74 Å². The number of hydrogen-bond donors (Lipinski definition) is 0. The zero-order valence-corrected chi connectivity index (χ0v) is 18.2. The Morgan fingerprint density at radius 3 is 2.65 bits per heavy atom. The number of thioether (sulfide) groups is 1. The number of pyridine rings is 1. The van der Waals surface area contributed by atoms with Crippen molar-refractivity contribution in [2.75, 3.05) is 12.0 Å². The molecule has 0 aliphatic heterocycles. The van der Waals surface area contributed by atoms with Gasteiger partial charge in [-0.25, -0.2) is 8.78 Å². The molecule has 0 N–H and O–H groups in total. The van der Waals surface area contributed by atoms with Gasteiger partial charge in [0.15, 0.2) is 17.3 Å². The normalized spacial score (nSPS) is 18.6. The van der Waals surface area contributed by atoms with E-state index in [1.807, 2.05) is 12.3 Å². The molecule has 2 aromatic rings. The molecule has 1 fully saturated rings. The van der Waals surface area contributed by atoms with Gasteiger partial charge in [0.2, 0.25) is 0 Å². The van der Waals surface area contributed by atoms with Crippen LogP contribution in [0.5, 0.6) is 5.75 Å². The predicted molar refractivity (Wildman–Crippen MR) is 118 cm³/mol. The molecule has 162 valence electrons. The average molecular weight is 444 g/mol. The minimum absolute atomic E-state index is 0.0418. The molecule has 1 aromatic heterocycles. The number of aromatic nitrogens is 1. The van der Waals surface area contributed by atoms with E-state index in [0.29, 0.717) is 29.4 Å². The van der Waals surface area contributed by atoms with E-state index in [1.54, 1.807) is 35.5 Å². The third-order valence-electron chi connectivity index (χ3n) is 5.46. The molecule has 0 spiro atoms. The SMILES string of the molecule is CSCC1C=C(c2cc(C)c(=O)n(CC3CC3)c2)C(Oc2ccc(F)cc2F)=CC1=O. The summed E-state index contributed by atoms with van der Waals surface area (Å²) < 4.78 is 35.0. The van der Waals surface area contributed by atoms with E-state index in [1.165, 1.54) is 12.1 Å². The third kappa shape index (κ3) is 4.82. The molecular weight excluding hydrogens is 420 g/mol. The van der Waals surface area contributed by atoms with Gasteiger partial charge in [-0.15, -0.1) is 0 Å². The Kier molecular flexibility index (Phi) is 6.14. The number of rotatable bonds is 7. The van der Waals surface area contributed by atoms with E-state index in [0.717, 1.165) is 30.5 Å². The zero-order chi connectivity index (χ0) is 22.1. The van der Waals surface area contributed by atoms with Crippen LogP contribution in [0.3, 0.4) is 0 Å². The van der Waals surface area contributed by atoms with Crippen LogP contribution in [0.25, 0.3) is 5.57 Å². The number of allylic oxidation sites excluding steroid dienone is 3. The van der Waals surface area contributed by atoms with Gasteiger partial charge in [-0.2, -0.15) is 11.8 Å². The largest absolute Gasteiger partial charge is 0.454 e. The fraction of sp³-hybridized carbons (Fsp3) is 0.333. The van der Waals surface area contributed by atoms with Gasteiger partial charge in [0.25, 0.3) is 5.56 Å². The summed E-state index contributed by atoms with van der Waals surface area (Å²) in [5.41, 5.74) is 1.89. The van der Waals surface area contributed by atoms with Gasteiger partial charge in [-0.3, -0.25) is 9.59 Å². The Morgan fingerprint density at radius 2 is 1.97 bits per heavy atom. The summed E-state index contributed by atoms with van der Waals surface area (Å²) in [5, 5.41) is 0. The highest BCUT2D eigenvalue weighted by molar-refractivity contribution is 7.98. The maximum atomic E-state index is 14.2. The lowest BCUT2D eigenvalue weighted by Gasteiger charge is -2.22. The first-order chi connectivity index (χ1) is 14.9. The molecule has 4 nitrogen and oxygen atoms in total. The minimum Gasteiger partial charge on any atom is -0.454 e. The van der Waals surface area contributed by atoms with E-state index >= 15 is 0 Å². The number of benzene rings is 1. The summed E-state index contributed by atoms with van der Waals surface area (Å²) in [5.74, 6) is -0.929. The molecule has 2 aliphatic rings. The maximum Gasteiger partial charge on any atom is 0.253 e. The van der Waals surface area contributed by atoms with Gasteiger partial charge in [-0.05, 0) is 50.1 Å². The molecule has 0 amide bonds. The fourth-order valence-corrected chi connectivity index (χ4v) is 4.26. The van der Waals surface area contributed by atoms with E-state index < -0.39 is 11.6 Å². The summed E-state index contributed by atoms with van der Waals surface area (Å²) in [6.45, 7) is 2.41. The first-order valence-corrected chi connectivity index (χ1v) is 11.6. The summed E-state index contributed by atoms with van der Waals surface area (Å²) in [4.78, 5) is 25.2. The summed E-state index contributed by atoms with van der Waals surface area (Å²) in [6.07, 6.45) is 9.11. The van der Waals surface area contributed by atoms with Crippen LogP contribution in [0.15, 0.2) is 53.2 Å². The smallest absolute Gasteiger partial charge is 0.253 e. The summed E-state index contributed by atoms with van der Waals surface area (Å²) in [7, 11) is 0. The van der Waals surface area contributed by atoms with Crippen molar-refractivity contribution in [2.24, 2.45) is 11.8 Å². The minimum atomic E-state index is -0.853. The van der Waals surface area contributed by atoms with Crippen LogP contribution in [0.1, 0.15) is 24.0 Å². The van der Waals surface area contributed by atoms with Crippen molar-refractivity contribution in [1.29, 1.82) is 0 Å². The molecule has 0 saturated heterocycles. The second-order valence-electron chi connectivity index (χ2n) is 8.04. The molecule has 1 saturated carbocycles. The highest BCUT2D eigenvalue weighted by Gasteiger charge is 2.27. The molecule has 1 aromatic carbocycles. The van der Waals surface area contributed by atoms with Crippen LogP contribution in [-0.4, -0.2) is 22.4 Å². The van der Waals surface area contributed by atoms with Crippen molar-refractivity contribution < 1.29 is 18.3 Å². The number of carbonyl (C=O) groups is 1. The maximum absolute atomic E-state index is 14.2. The number of carbonyl (C=O) groups excluding carboxylic acids is 1. The fourth-order valence-electron chi connectivity index (χ4n) is 3.64. The topological polar surface area (TPSA) is 48.3 Å². The lowest BCUT2D eigenvalue weighted by molar-refractivity contribution is -0.116. The lowest BCUT2D eigenvalue weighted by Crippen LogP contribution is -2.24. The first kappa shape index (κ1) is 21.6. The molecule has 1 unspecified atom stereocenters. The molecule has 4 rings (SSSR count). The Hall–Kier alpha value is -2.67. The van der Waals surface area contributed by atoms with Crippen molar-refractivity contribution in [1.82, 2.24) is 4.57 Å². The van der Waals surface area contributed by atoms with Crippen LogP contribution < -0.4 is 10.3 Å². The van der Waals surface area contributed by atoms with E-state index in [9.17, 15) is 18.4 Å².